The summed E-state index contributed by atoms with van der Waals surface area (Å²) < 4.78 is 32.2. The molecule has 2 rings (SSSR count). The van der Waals surface area contributed by atoms with Crippen LogP contribution in [-0.2, 0) is 19.6 Å². The highest BCUT2D eigenvalue weighted by atomic mass is 32.2. The van der Waals surface area contributed by atoms with E-state index in [-0.39, 0.29) is 23.3 Å². The minimum Gasteiger partial charge on any atom is -0.484 e. The number of nitrogens with one attached hydrogen (secondary N) is 3. The van der Waals surface area contributed by atoms with Crippen LogP contribution in [0.15, 0.2) is 53.4 Å². The molecule has 0 heterocycles. The molecule has 0 aliphatic carbocycles. The highest BCUT2D eigenvalue weighted by Gasteiger charge is 2.13. The third-order valence-corrected chi connectivity index (χ3v) is 5.27. The van der Waals surface area contributed by atoms with Gasteiger partial charge in [0.15, 0.2) is 6.61 Å². The summed E-state index contributed by atoms with van der Waals surface area (Å²) in [5.74, 6) is -0.217. The van der Waals surface area contributed by atoms with E-state index < -0.39 is 10.0 Å². The van der Waals surface area contributed by atoms with Crippen LogP contribution in [0.2, 0.25) is 0 Å². The van der Waals surface area contributed by atoms with Gasteiger partial charge in [-0.3, -0.25) is 9.59 Å². The third kappa shape index (κ3) is 7.55. The van der Waals surface area contributed by atoms with Crippen molar-refractivity contribution in [1.82, 2.24) is 4.72 Å². The van der Waals surface area contributed by atoms with Gasteiger partial charge in [0.25, 0.3) is 5.91 Å². The molecule has 3 N–H and O–H groups in total. The van der Waals surface area contributed by atoms with E-state index >= 15 is 0 Å². The summed E-state index contributed by atoms with van der Waals surface area (Å²) in [4.78, 5) is 23.3. The normalized spacial score (nSPS) is 11.0. The average Bonchev–Trinajstić information content (AvgIpc) is 2.66. The van der Waals surface area contributed by atoms with Crippen molar-refractivity contribution < 1.29 is 22.7 Å². The second kappa shape index (κ2) is 10.6. The Morgan fingerprint density at radius 1 is 1.00 bits per heavy atom. The zero-order valence-electron chi connectivity index (χ0n) is 16.4. The molecule has 0 radical (unpaired) electrons. The van der Waals surface area contributed by atoms with E-state index in [9.17, 15) is 18.0 Å². The molecule has 0 spiro atoms. The maximum absolute atomic E-state index is 12.1. The monoisotopic (exact) mass is 419 g/mol. The molecule has 8 nitrogen and oxygen atoms in total. The minimum atomic E-state index is -3.55. The number of ether oxygens (including phenoxy) is 1. The summed E-state index contributed by atoms with van der Waals surface area (Å²) in [7, 11) is -3.55. The van der Waals surface area contributed by atoms with Crippen LogP contribution in [-0.4, -0.2) is 33.4 Å². The SMILES string of the molecule is CCCCNS(=O)(=O)c1ccc(OCC(=O)Nc2cccc(NC(C)=O)c2)cc1. The summed E-state index contributed by atoms with van der Waals surface area (Å²) in [5, 5.41) is 5.30. The molecule has 0 fully saturated rings. The van der Waals surface area contributed by atoms with Gasteiger partial charge in [0, 0.05) is 24.8 Å². The number of carbonyl (C=O) groups excluding carboxylic acids is 2. The predicted molar refractivity (Wildman–Crippen MR) is 111 cm³/mol. The van der Waals surface area contributed by atoms with Crippen LogP contribution in [0.4, 0.5) is 11.4 Å². The van der Waals surface area contributed by atoms with Crippen LogP contribution < -0.4 is 20.1 Å². The van der Waals surface area contributed by atoms with E-state index in [2.05, 4.69) is 15.4 Å². The molecule has 29 heavy (non-hydrogen) atoms. The molecule has 0 saturated heterocycles. The molecule has 9 heteroatoms. The summed E-state index contributed by atoms with van der Waals surface area (Å²) in [6.45, 7) is 3.53. The molecule has 2 aromatic rings. The highest BCUT2D eigenvalue weighted by Crippen LogP contribution is 2.17. The standard InChI is InChI=1S/C20H25N3O5S/c1-3-4-12-21-29(26,27)19-10-8-18(9-11-19)28-14-20(25)23-17-7-5-6-16(13-17)22-15(2)24/h5-11,13,21H,3-4,12,14H2,1-2H3,(H,22,24)(H,23,25). The molecule has 0 aliphatic rings. The molecule has 0 bridgehead atoms. The van der Waals surface area contributed by atoms with Gasteiger partial charge in [-0.05, 0) is 48.9 Å². The number of unbranched alkanes of at least 4 members (excludes halogenated alkanes) is 1. The van der Waals surface area contributed by atoms with Crippen LogP contribution in [0.1, 0.15) is 26.7 Å². The number of hydrogen-bond acceptors (Lipinski definition) is 5. The first-order chi connectivity index (χ1) is 13.8. The smallest absolute Gasteiger partial charge is 0.262 e. The quantitative estimate of drug-likeness (QED) is 0.513. The Balaban J connectivity index is 1.88. The largest absolute Gasteiger partial charge is 0.484 e. The molecule has 2 amide bonds. The summed E-state index contributed by atoms with van der Waals surface area (Å²) >= 11 is 0. The fraction of sp³-hybridized carbons (Fsp3) is 0.300. The Morgan fingerprint density at radius 3 is 2.28 bits per heavy atom. The number of amides is 2. The van der Waals surface area contributed by atoms with Gasteiger partial charge < -0.3 is 15.4 Å². The fourth-order valence-electron chi connectivity index (χ4n) is 2.41. The number of sulfonamides is 1. The van der Waals surface area contributed by atoms with Crippen molar-refractivity contribution in [3.63, 3.8) is 0 Å². The maximum Gasteiger partial charge on any atom is 0.262 e. The van der Waals surface area contributed by atoms with Gasteiger partial charge in [0.2, 0.25) is 15.9 Å². The summed E-state index contributed by atoms with van der Waals surface area (Å²) in [6.07, 6.45) is 1.66. The zero-order valence-corrected chi connectivity index (χ0v) is 17.2. The van der Waals surface area contributed by atoms with Crippen molar-refractivity contribution in [3.8, 4) is 5.75 Å². The van der Waals surface area contributed by atoms with Crippen molar-refractivity contribution in [2.75, 3.05) is 23.8 Å². The topological polar surface area (TPSA) is 114 Å². The first kappa shape index (κ1) is 22.4. The summed E-state index contributed by atoms with van der Waals surface area (Å²) in [5.41, 5.74) is 1.09. The van der Waals surface area contributed by atoms with Crippen molar-refractivity contribution >= 4 is 33.2 Å². The van der Waals surface area contributed by atoms with Crippen molar-refractivity contribution in [2.24, 2.45) is 0 Å². The van der Waals surface area contributed by atoms with E-state index in [1.165, 1.54) is 31.2 Å². The summed E-state index contributed by atoms with van der Waals surface area (Å²) in [6, 6.07) is 12.6. The van der Waals surface area contributed by atoms with E-state index in [0.717, 1.165) is 12.8 Å². The molecule has 0 aromatic heterocycles. The lowest BCUT2D eigenvalue weighted by Crippen LogP contribution is -2.24. The van der Waals surface area contributed by atoms with Crippen LogP contribution in [0.5, 0.6) is 5.75 Å². The molecule has 156 valence electrons. The molecule has 0 saturated carbocycles. The van der Waals surface area contributed by atoms with Gasteiger partial charge in [0.1, 0.15) is 5.75 Å². The van der Waals surface area contributed by atoms with E-state index in [1.54, 1.807) is 24.3 Å². The van der Waals surface area contributed by atoms with Crippen molar-refractivity contribution in [3.05, 3.63) is 48.5 Å². The molecule has 0 unspecified atom stereocenters. The zero-order chi connectivity index (χ0) is 21.3. The average molecular weight is 420 g/mol. The lowest BCUT2D eigenvalue weighted by molar-refractivity contribution is -0.118. The van der Waals surface area contributed by atoms with Gasteiger partial charge in [-0.25, -0.2) is 13.1 Å². The van der Waals surface area contributed by atoms with Crippen LogP contribution in [0, 0.1) is 0 Å². The Hall–Kier alpha value is -2.91. The Morgan fingerprint density at radius 2 is 1.66 bits per heavy atom. The van der Waals surface area contributed by atoms with Crippen molar-refractivity contribution in [1.29, 1.82) is 0 Å². The Labute approximate surface area is 170 Å². The maximum atomic E-state index is 12.1. The van der Waals surface area contributed by atoms with Gasteiger partial charge >= 0.3 is 0 Å². The van der Waals surface area contributed by atoms with Crippen molar-refractivity contribution in [2.45, 2.75) is 31.6 Å². The van der Waals surface area contributed by atoms with Gasteiger partial charge in [0.05, 0.1) is 4.90 Å². The lowest BCUT2D eigenvalue weighted by Gasteiger charge is -2.10. The minimum absolute atomic E-state index is 0.139. The molecule has 0 atom stereocenters. The third-order valence-electron chi connectivity index (χ3n) is 3.79. The molecule has 2 aromatic carbocycles. The number of carbonyl (C=O) groups is 2. The second-order valence-electron chi connectivity index (χ2n) is 6.32. The second-order valence-corrected chi connectivity index (χ2v) is 8.09. The molecular weight excluding hydrogens is 394 g/mol. The van der Waals surface area contributed by atoms with Gasteiger partial charge in [-0.2, -0.15) is 0 Å². The first-order valence-corrected chi connectivity index (χ1v) is 10.7. The number of benzene rings is 2. The highest BCUT2D eigenvalue weighted by molar-refractivity contribution is 7.89. The lowest BCUT2D eigenvalue weighted by atomic mass is 10.2. The van der Waals surface area contributed by atoms with Gasteiger partial charge in [-0.15, -0.1) is 0 Å². The Kier molecular flexibility index (Phi) is 8.17. The number of anilines is 2. The molecular formula is C20H25N3O5S. The van der Waals surface area contributed by atoms with Gasteiger partial charge in [-0.1, -0.05) is 19.4 Å². The van der Waals surface area contributed by atoms with Crippen LogP contribution >= 0.6 is 0 Å². The van der Waals surface area contributed by atoms with E-state index in [0.29, 0.717) is 23.7 Å². The van der Waals surface area contributed by atoms with E-state index in [1.807, 2.05) is 6.92 Å². The fourth-order valence-corrected chi connectivity index (χ4v) is 3.48. The first-order valence-electron chi connectivity index (χ1n) is 9.20. The predicted octanol–water partition coefficient (Wildman–Crippen LogP) is 2.74. The number of rotatable bonds is 10. The van der Waals surface area contributed by atoms with E-state index in [4.69, 9.17) is 4.74 Å². The molecule has 0 aliphatic heterocycles. The van der Waals surface area contributed by atoms with Crippen LogP contribution in [0.3, 0.4) is 0 Å². The van der Waals surface area contributed by atoms with Crippen LogP contribution in [0.25, 0.3) is 0 Å². The Bertz CT molecular complexity index is 943. The number of hydrogen-bond donors (Lipinski definition) is 3.